The highest BCUT2D eigenvalue weighted by atomic mass is 16.5. The van der Waals surface area contributed by atoms with E-state index >= 15 is 0 Å². The van der Waals surface area contributed by atoms with Crippen LogP contribution >= 0.6 is 0 Å². The molecule has 2 aromatic carbocycles. The molecule has 44 heavy (non-hydrogen) atoms. The van der Waals surface area contributed by atoms with Gasteiger partial charge in [-0.2, -0.15) is 0 Å². The van der Waals surface area contributed by atoms with Crippen LogP contribution in [0.4, 0.5) is 0 Å². The lowest BCUT2D eigenvalue weighted by atomic mass is 9.90. The quantitative estimate of drug-likeness (QED) is 0.256. The lowest BCUT2D eigenvalue weighted by Gasteiger charge is -2.36. The number of nitrogens with two attached hydrogens (primary N) is 2. The number of rotatable bonds is 8. The minimum Gasteiger partial charge on any atom is -0.492 e. The average molecular weight is 607 g/mol. The maximum atomic E-state index is 13.8. The van der Waals surface area contributed by atoms with Crippen molar-refractivity contribution in [3.8, 4) is 11.5 Å². The van der Waals surface area contributed by atoms with Crippen LogP contribution in [0.1, 0.15) is 71.1 Å². The molecule has 0 saturated carbocycles. The molecule has 3 aliphatic rings. The summed E-state index contributed by atoms with van der Waals surface area (Å²) in [5.74, 6) is -0.409. The third kappa shape index (κ3) is 6.28. The fraction of sp³-hybridized carbons (Fsp3) is 0.500. The Labute approximate surface area is 257 Å². The van der Waals surface area contributed by atoms with E-state index in [1.54, 1.807) is 28.0 Å². The number of carbonyl (C=O) groups excluding carboxylic acids is 4. The molecule has 236 valence electrons. The number of carbonyl (C=O) groups is 4. The van der Waals surface area contributed by atoms with Gasteiger partial charge in [-0.05, 0) is 47.6 Å². The van der Waals surface area contributed by atoms with Crippen LogP contribution in [-0.4, -0.2) is 78.4 Å². The zero-order valence-corrected chi connectivity index (χ0v) is 25.7. The van der Waals surface area contributed by atoms with E-state index in [0.29, 0.717) is 68.1 Å². The van der Waals surface area contributed by atoms with Crippen LogP contribution in [0.25, 0.3) is 0 Å². The normalized spacial score (nSPS) is 19.2. The van der Waals surface area contributed by atoms with Crippen LogP contribution in [-0.2, 0) is 22.4 Å². The number of hydrogen-bond acceptors (Lipinski definition) is 9. The Balaban J connectivity index is 1.38. The average Bonchev–Trinajstić information content (AvgIpc) is 3.49. The van der Waals surface area contributed by atoms with Crippen molar-refractivity contribution in [3.63, 3.8) is 0 Å². The number of esters is 1. The first kappa shape index (κ1) is 31.4. The van der Waals surface area contributed by atoms with E-state index in [-0.39, 0.29) is 35.3 Å². The molecule has 1 fully saturated rings. The molecule has 0 aromatic heterocycles. The van der Waals surface area contributed by atoms with Gasteiger partial charge in [-0.15, -0.1) is 0 Å². The van der Waals surface area contributed by atoms with Crippen LogP contribution in [0, 0.1) is 11.8 Å². The van der Waals surface area contributed by atoms with E-state index in [4.69, 9.17) is 20.9 Å². The molecule has 3 unspecified atom stereocenters. The smallest absolute Gasteiger partial charge is 0.328 e. The third-order valence-electron chi connectivity index (χ3n) is 8.62. The monoisotopic (exact) mass is 606 g/mol. The van der Waals surface area contributed by atoms with Gasteiger partial charge in [-0.1, -0.05) is 39.8 Å². The van der Waals surface area contributed by atoms with Gasteiger partial charge >= 0.3 is 5.97 Å². The number of amides is 3. The summed E-state index contributed by atoms with van der Waals surface area (Å²) < 4.78 is 11.6. The summed E-state index contributed by atoms with van der Waals surface area (Å²) in [5, 5.41) is 0. The second-order valence-corrected chi connectivity index (χ2v) is 12.4. The number of fused-ring (bicyclic) bond motifs is 2. The van der Waals surface area contributed by atoms with Gasteiger partial charge in [0, 0.05) is 43.7 Å². The van der Waals surface area contributed by atoms with E-state index in [1.807, 2.05) is 39.8 Å². The highest BCUT2D eigenvalue weighted by Gasteiger charge is 2.34. The van der Waals surface area contributed by atoms with Crippen molar-refractivity contribution < 1.29 is 28.7 Å². The lowest BCUT2D eigenvalue weighted by molar-refractivity contribution is -0.137. The van der Waals surface area contributed by atoms with Gasteiger partial charge < -0.3 is 30.7 Å². The van der Waals surface area contributed by atoms with Gasteiger partial charge in [0.1, 0.15) is 17.5 Å². The number of benzene rings is 2. The van der Waals surface area contributed by atoms with Crippen LogP contribution < -0.4 is 31.8 Å². The van der Waals surface area contributed by atoms with Gasteiger partial charge in [0.05, 0.1) is 24.3 Å². The van der Waals surface area contributed by atoms with Gasteiger partial charge in [-0.25, -0.2) is 10.2 Å². The van der Waals surface area contributed by atoms with Crippen LogP contribution in [0.2, 0.25) is 0 Å². The predicted octanol–water partition coefficient (Wildman–Crippen LogP) is 1.31. The standard InChI is InChI=1S/C32H42N6O6/c1-17(2)26(33)31(41)38-11-9-37(10-12-38)30(40)22-15-19(14-20-8-13-43-28(20)22)16-23-25-21(29(39)36-35-23)6-5-7-24(25)44-32(42)27(34)18(3)4/h5-7,14-15,17-18,23,26-27,35H,8-13,16,33-34H2,1-4H3,(H,36,39). The molecular formula is C32H42N6O6. The maximum Gasteiger partial charge on any atom is 0.328 e. The number of nitrogens with one attached hydrogen (secondary N) is 2. The van der Waals surface area contributed by atoms with Crippen LogP contribution in [0.3, 0.4) is 0 Å². The van der Waals surface area contributed by atoms with Gasteiger partial charge in [0.15, 0.2) is 0 Å². The minimum atomic E-state index is -0.813. The molecule has 5 rings (SSSR count). The molecule has 0 aliphatic carbocycles. The number of nitrogens with zero attached hydrogens (tertiary/aromatic N) is 2. The van der Waals surface area contributed by atoms with Crippen molar-refractivity contribution in [2.75, 3.05) is 32.8 Å². The number of hydrazine groups is 1. The van der Waals surface area contributed by atoms with Crippen molar-refractivity contribution in [1.29, 1.82) is 0 Å². The van der Waals surface area contributed by atoms with Gasteiger partial charge in [0.2, 0.25) is 5.91 Å². The highest BCUT2D eigenvalue weighted by molar-refractivity contribution is 5.99. The molecular weight excluding hydrogens is 564 g/mol. The molecule has 1 saturated heterocycles. The third-order valence-corrected chi connectivity index (χ3v) is 8.62. The highest BCUT2D eigenvalue weighted by Crippen LogP contribution is 2.37. The molecule has 12 nitrogen and oxygen atoms in total. The molecule has 0 bridgehead atoms. The topological polar surface area (TPSA) is 169 Å². The molecule has 3 heterocycles. The first-order chi connectivity index (χ1) is 21.0. The second kappa shape index (κ2) is 12.9. The van der Waals surface area contributed by atoms with Crippen molar-refractivity contribution in [1.82, 2.24) is 20.7 Å². The minimum absolute atomic E-state index is 0.0318. The molecule has 12 heteroatoms. The Morgan fingerprint density at radius 2 is 1.68 bits per heavy atom. The molecule has 3 atom stereocenters. The Bertz CT molecular complexity index is 1450. The lowest BCUT2D eigenvalue weighted by Crippen LogP contribution is -2.55. The summed E-state index contributed by atoms with van der Waals surface area (Å²) in [6, 6.07) is 7.02. The molecule has 0 radical (unpaired) electrons. The van der Waals surface area contributed by atoms with Crippen molar-refractivity contribution >= 4 is 23.7 Å². The zero-order chi connectivity index (χ0) is 31.7. The fourth-order valence-electron chi connectivity index (χ4n) is 5.77. The zero-order valence-electron chi connectivity index (χ0n) is 25.7. The van der Waals surface area contributed by atoms with Crippen molar-refractivity contribution in [2.24, 2.45) is 23.3 Å². The maximum absolute atomic E-state index is 13.8. The van der Waals surface area contributed by atoms with Crippen LogP contribution in [0.5, 0.6) is 11.5 Å². The first-order valence-electron chi connectivity index (χ1n) is 15.2. The van der Waals surface area contributed by atoms with Gasteiger partial charge in [-0.3, -0.25) is 19.8 Å². The van der Waals surface area contributed by atoms with E-state index < -0.39 is 24.1 Å². The Hall–Kier alpha value is -4.00. The Kier molecular flexibility index (Phi) is 9.23. The predicted molar refractivity (Wildman–Crippen MR) is 163 cm³/mol. The van der Waals surface area contributed by atoms with Crippen molar-refractivity contribution in [2.45, 2.75) is 58.7 Å². The summed E-state index contributed by atoms with van der Waals surface area (Å²) in [6.45, 7) is 9.60. The number of ether oxygens (including phenoxy) is 2. The molecule has 6 N–H and O–H groups in total. The van der Waals surface area contributed by atoms with Gasteiger partial charge in [0.25, 0.3) is 11.8 Å². The summed E-state index contributed by atoms with van der Waals surface area (Å²) in [4.78, 5) is 55.5. The molecule has 3 amide bonds. The summed E-state index contributed by atoms with van der Waals surface area (Å²) in [6.07, 6.45) is 1.06. The summed E-state index contributed by atoms with van der Waals surface area (Å²) in [5.41, 5.74) is 21.1. The van der Waals surface area contributed by atoms with E-state index in [2.05, 4.69) is 10.9 Å². The number of piperazine rings is 1. The molecule has 0 spiro atoms. The molecule has 3 aliphatic heterocycles. The van der Waals surface area contributed by atoms with Crippen LogP contribution in [0.15, 0.2) is 30.3 Å². The fourth-order valence-corrected chi connectivity index (χ4v) is 5.77. The van der Waals surface area contributed by atoms with E-state index in [1.165, 1.54) is 0 Å². The first-order valence-corrected chi connectivity index (χ1v) is 15.2. The second-order valence-electron chi connectivity index (χ2n) is 12.4. The SMILES string of the molecule is CC(C)C(N)C(=O)Oc1cccc2c1C(Cc1cc3c(c(C(=O)N4CCN(C(=O)C(N)C(C)C)CC4)c1)OCC3)NNC2=O. The number of hydrogen-bond donors (Lipinski definition) is 4. The van der Waals surface area contributed by atoms with E-state index in [9.17, 15) is 19.2 Å². The largest absolute Gasteiger partial charge is 0.492 e. The Morgan fingerprint density at radius 3 is 2.36 bits per heavy atom. The molecule has 2 aromatic rings. The summed E-state index contributed by atoms with van der Waals surface area (Å²) in [7, 11) is 0. The van der Waals surface area contributed by atoms with Crippen molar-refractivity contribution in [3.05, 3.63) is 58.1 Å². The van der Waals surface area contributed by atoms with E-state index in [0.717, 1.165) is 11.1 Å². The summed E-state index contributed by atoms with van der Waals surface area (Å²) >= 11 is 0. The Morgan fingerprint density at radius 1 is 1.00 bits per heavy atom.